The second-order valence-electron chi connectivity index (χ2n) is 3.85. The van der Waals surface area contributed by atoms with E-state index in [-0.39, 0.29) is 5.56 Å². The normalized spacial score (nSPS) is 10.5. The summed E-state index contributed by atoms with van der Waals surface area (Å²) in [6.07, 6.45) is 1.38. The van der Waals surface area contributed by atoms with Crippen molar-refractivity contribution < 1.29 is 14.3 Å². The Morgan fingerprint density at radius 3 is 2.59 bits per heavy atom. The number of nitrogens with one attached hydrogen (secondary N) is 1. The number of nitrogens with zero attached hydrogens (tertiary/aromatic N) is 1. The van der Waals surface area contributed by atoms with Crippen LogP contribution in [0.3, 0.4) is 0 Å². The van der Waals surface area contributed by atoms with Crippen LogP contribution in [0, 0.1) is 13.8 Å². The fraction of sp³-hybridized carbons (Fsp3) is 0.250. The lowest BCUT2D eigenvalue weighted by Crippen LogP contribution is -2.17. The SMILES string of the molecule is Cc1ccc(C)n1NCc1occc1C(=O)O. The Bertz CT molecular complexity index is 520. The molecule has 2 N–H and O–H groups in total. The summed E-state index contributed by atoms with van der Waals surface area (Å²) in [5.41, 5.74) is 5.43. The number of carboxylic acids is 1. The average Bonchev–Trinajstić information content (AvgIpc) is 2.85. The van der Waals surface area contributed by atoms with Gasteiger partial charge in [-0.3, -0.25) is 4.68 Å². The topological polar surface area (TPSA) is 67.4 Å². The number of carboxylic acid groups (broad SMARTS) is 1. The van der Waals surface area contributed by atoms with E-state index in [1.165, 1.54) is 12.3 Å². The van der Waals surface area contributed by atoms with Gasteiger partial charge < -0.3 is 14.9 Å². The van der Waals surface area contributed by atoms with Gasteiger partial charge in [-0.05, 0) is 32.0 Å². The Morgan fingerprint density at radius 1 is 1.35 bits per heavy atom. The van der Waals surface area contributed by atoms with Gasteiger partial charge in [0.25, 0.3) is 0 Å². The van der Waals surface area contributed by atoms with Crippen molar-refractivity contribution in [1.82, 2.24) is 4.68 Å². The summed E-state index contributed by atoms with van der Waals surface area (Å²) in [6, 6.07) is 5.43. The molecule has 0 bridgehead atoms. The molecule has 0 amide bonds. The molecule has 0 aromatic carbocycles. The third-order valence-corrected chi connectivity index (χ3v) is 2.64. The molecule has 5 nitrogen and oxygen atoms in total. The molecule has 0 unspecified atom stereocenters. The summed E-state index contributed by atoms with van der Waals surface area (Å²) in [7, 11) is 0. The average molecular weight is 234 g/mol. The van der Waals surface area contributed by atoms with Crippen molar-refractivity contribution >= 4 is 5.97 Å². The first-order valence-corrected chi connectivity index (χ1v) is 5.28. The first kappa shape index (κ1) is 11.3. The van der Waals surface area contributed by atoms with Gasteiger partial charge in [-0.2, -0.15) is 0 Å². The van der Waals surface area contributed by atoms with E-state index in [2.05, 4.69) is 5.43 Å². The Kier molecular flexibility index (Phi) is 2.91. The molecule has 0 saturated carbocycles. The lowest BCUT2D eigenvalue weighted by Gasteiger charge is -2.11. The Hall–Kier alpha value is -2.17. The van der Waals surface area contributed by atoms with Crippen LogP contribution in [0.1, 0.15) is 27.5 Å². The van der Waals surface area contributed by atoms with E-state index >= 15 is 0 Å². The smallest absolute Gasteiger partial charge is 0.339 e. The molecule has 0 aliphatic heterocycles. The molecule has 5 heteroatoms. The molecule has 17 heavy (non-hydrogen) atoms. The Labute approximate surface area is 98.6 Å². The molecule has 2 aromatic heterocycles. The molecule has 0 atom stereocenters. The summed E-state index contributed by atoms with van der Waals surface area (Å²) < 4.78 is 7.04. The van der Waals surface area contributed by atoms with E-state index in [1.807, 2.05) is 30.7 Å². The highest BCUT2D eigenvalue weighted by atomic mass is 16.4. The predicted octanol–water partition coefficient (Wildman–Crippen LogP) is 2.14. The fourth-order valence-corrected chi connectivity index (χ4v) is 1.74. The number of hydrogen-bond donors (Lipinski definition) is 2. The summed E-state index contributed by atoms with van der Waals surface area (Å²) in [4.78, 5) is 10.9. The Balaban J connectivity index is 2.13. The van der Waals surface area contributed by atoms with Crippen LogP contribution in [-0.4, -0.2) is 15.8 Å². The molecular formula is C12H14N2O3. The van der Waals surface area contributed by atoms with Gasteiger partial charge in [0, 0.05) is 11.4 Å². The van der Waals surface area contributed by atoms with Gasteiger partial charge in [0.15, 0.2) is 0 Å². The van der Waals surface area contributed by atoms with Crippen LogP contribution in [0.2, 0.25) is 0 Å². The van der Waals surface area contributed by atoms with Crippen LogP contribution in [0.25, 0.3) is 0 Å². The molecule has 2 rings (SSSR count). The predicted molar refractivity (Wildman–Crippen MR) is 62.6 cm³/mol. The van der Waals surface area contributed by atoms with E-state index in [1.54, 1.807) is 0 Å². The molecule has 90 valence electrons. The Morgan fingerprint density at radius 2 is 2.00 bits per heavy atom. The summed E-state index contributed by atoms with van der Waals surface area (Å²) >= 11 is 0. The van der Waals surface area contributed by atoms with Gasteiger partial charge in [-0.25, -0.2) is 4.79 Å². The lowest BCUT2D eigenvalue weighted by atomic mass is 10.2. The number of aromatic nitrogens is 1. The minimum Gasteiger partial charge on any atom is -0.478 e. The van der Waals surface area contributed by atoms with Crippen molar-refractivity contribution in [1.29, 1.82) is 0 Å². The maximum absolute atomic E-state index is 10.9. The summed E-state index contributed by atoms with van der Waals surface area (Å²) in [5.74, 6) is -0.554. The second-order valence-corrected chi connectivity index (χ2v) is 3.85. The molecular weight excluding hydrogens is 220 g/mol. The van der Waals surface area contributed by atoms with Crippen LogP contribution in [0.4, 0.5) is 0 Å². The number of rotatable bonds is 4. The summed E-state index contributed by atoms with van der Waals surface area (Å²) in [5, 5.41) is 8.93. The van der Waals surface area contributed by atoms with E-state index < -0.39 is 5.97 Å². The molecule has 0 radical (unpaired) electrons. The minimum atomic E-state index is -0.975. The standard InChI is InChI=1S/C12H14N2O3/c1-8-3-4-9(2)14(8)13-7-11-10(12(15)16)5-6-17-11/h3-6,13H,7H2,1-2H3,(H,15,16). The third kappa shape index (κ3) is 2.18. The number of hydrogen-bond acceptors (Lipinski definition) is 3. The van der Waals surface area contributed by atoms with Gasteiger partial charge in [0.05, 0.1) is 12.8 Å². The maximum atomic E-state index is 10.9. The highest BCUT2D eigenvalue weighted by molar-refractivity contribution is 5.88. The van der Waals surface area contributed by atoms with Crippen LogP contribution < -0.4 is 5.43 Å². The quantitative estimate of drug-likeness (QED) is 0.850. The first-order chi connectivity index (χ1) is 8.09. The van der Waals surface area contributed by atoms with Crippen molar-refractivity contribution in [2.45, 2.75) is 20.4 Å². The lowest BCUT2D eigenvalue weighted by molar-refractivity contribution is 0.0694. The monoisotopic (exact) mass is 234 g/mol. The molecule has 2 aromatic rings. The van der Waals surface area contributed by atoms with E-state index in [0.29, 0.717) is 12.3 Å². The van der Waals surface area contributed by atoms with Gasteiger partial charge in [-0.1, -0.05) is 0 Å². The molecule has 0 aliphatic carbocycles. The van der Waals surface area contributed by atoms with Crippen LogP contribution in [0.5, 0.6) is 0 Å². The summed E-state index contributed by atoms with van der Waals surface area (Å²) in [6.45, 7) is 4.28. The van der Waals surface area contributed by atoms with Crippen LogP contribution in [-0.2, 0) is 6.54 Å². The highest BCUT2D eigenvalue weighted by Gasteiger charge is 2.13. The molecule has 0 spiro atoms. The highest BCUT2D eigenvalue weighted by Crippen LogP contribution is 2.12. The zero-order chi connectivity index (χ0) is 12.4. The van der Waals surface area contributed by atoms with Gasteiger partial charge >= 0.3 is 5.97 Å². The van der Waals surface area contributed by atoms with Gasteiger partial charge in [0.2, 0.25) is 0 Å². The van der Waals surface area contributed by atoms with Crippen molar-refractivity contribution in [2.24, 2.45) is 0 Å². The van der Waals surface area contributed by atoms with Gasteiger partial charge in [-0.15, -0.1) is 0 Å². The van der Waals surface area contributed by atoms with Crippen molar-refractivity contribution in [3.8, 4) is 0 Å². The van der Waals surface area contributed by atoms with Crippen molar-refractivity contribution in [2.75, 3.05) is 5.43 Å². The largest absolute Gasteiger partial charge is 0.478 e. The minimum absolute atomic E-state index is 0.194. The van der Waals surface area contributed by atoms with Crippen molar-refractivity contribution in [3.05, 3.63) is 47.2 Å². The number of aryl methyl sites for hydroxylation is 2. The molecule has 0 aliphatic rings. The second kappa shape index (κ2) is 4.37. The first-order valence-electron chi connectivity index (χ1n) is 5.28. The maximum Gasteiger partial charge on any atom is 0.339 e. The van der Waals surface area contributed by atoms with E-state index in [4.69, 9.17) is 9.52 Å². The molecule has 0 fully saturated rings. The fourth-order valence-electron chi connectivity index (χ4n) is 1.74. The van der Waals surface area contributed by atoms with Crippen molar-refractivity contribution in [3.63, 3.8) is 0 Å². The third-order valence-electron chi connectivity index (χ3n) is 2.64. The number of furan rings is 1. The van der Waals surface area contributed by atoms with Crippen LogP contribution in [0.15, 0.2) is 28.9 Å². The van der Waals surface area contributed by atoms with Gasteiger partial charge in [0.1, 0.15) is 11.3 Å². The number of carbonyl (C=O) groups is 1. The van der Waals surface area contributed by atoms with Crippen LogP contribution >= 0.6 is 0 Å². The zero-order valence-electron chi connectivity index (χ0n) is 9.73. The van der Waals surface area contributed by atoms with E-state index in [0.717, 1.165) is 11.4 Å². The zero-order valence-corrected chi connectivity index (χ0v) is 9.73. The number of aromatic carboxylic acids is 1. The van der Waals surface area contributed by atoms with E-state index in [9.17, 15) is 4.79 Å². The molecule has 0 saturated heterocycles. The molecule has 2 heterocycles.